The molecule has 0 unspecified atom stereocenters. The predicted octanol–water partition coefficient (Wildman–Crippen LogP) is 5.27. The maximum absolute atomic E-state index is 6.21. The summed E-state index contributed by atoms with van der Waals surface area (Å²) in [5.41, 5.74) is 8.44. The minimum atomic E-state index is -0.167. The third-order valence-electron chi connectivity index (χ3n) is 5.00. The summed E-state index contributed by atoms with van der Waals surface area (Å²) in [6, 6.07) is 7.70. The minimum Gasteiger partial charge on any atom is -0.399 e. The van der Waals surface area contributed by atoms with E-state index in [1.165, 1.54) is 0 Å². The lowest BCUT2D eigenvalue weighted by Gasteiger charge is -2.31. The van der Waals surface area contributed by atoms with Crippen LogP contribution in [0.25, 0.3) is 11.3 Å². The number of hydrogen-bond donors (Lipinski definition) is 1. The Morgan fingerprint density at radius 3 is 2.15 bits per heavy atom. The van der Waals surface area contributed by atoms with Crippen molar-refractivity contribution < 1.29 is 4.74 Å². The molecule has 5 heteroatoms. The zero-order valence-corrected chi connectivity index (χ0v) is 18.0. The third-order valence-corrected chi connectivity index (χ3v) is 5.00. The highest BCUT2D eigenvalue weighted by Gasteiger charge is 2.26. The molecule has 1 heterocycles. The van der Waals surface area contributed by atoms with E-state index in [0.29, 0.717) is 12.0 Å². The van der Waals surface area contributed by atoms with E-state index in [-0.39, 0.29) is 11.1 Å². The molecule has 0 amide bonds. The van der Waals surface area contributed by atoms with Crippen molar-refractivity contribution in [2.75, 3.05) is 12.3 Å². The Labute approximate surface area is 164 Å². The van der Waals surface area contributed by atoms with Gasteiger partial charge < -0.3 is 10.5 Å². The lowest BCUT2D eigenvalue weighted by Crippen LogP contribution is -2.32. The molecule has 0 fully saturated rings. The minimum absolute atomic E-state index is 0.110. The number of benzene rings is 1. The van der Waals surface area contributed by atoms with Crippen molar-refractivity contribution in [3.63, 3.8) is 0 Å². The number of ether oxygens (including phenoxy) is 1. The first-order valence-corrected chi connectivity index (χ1v) is 9.81. The van der Waals surface area contributed by atoms with Gasteiger partial charge in [-0.3, -0.25) is 0 Å². The lowest BCUT2D eigenvalue weighted by molar-refractivity contribution is -0.0397. The molecule has 150 valence electrons. The van der Waals surface area contributed by atoms with Crippen molar-refractivity contribution >= 4 is 5.69 Å². The number of nitrogens with two attached hydrogens (primary N) is 1. The largest absolute Gasteiger partial charge is 0.399 e. The molecule has 0 aliphatic carbocycles. The summed E-state index contributed by atoms with van der Waals surface area (Å²) in [6.45, 7) is 16.2. The van der Waals surface area contributed by atoms with Crippen LogP contribution in [-0.4, -0.2) is 27.2 Å². The van der Waals surface area contributed by atoms with Crippen LogP contribution in [0.4, 0.5) is 5.69 Å². The van der Waals surface area contributed by atoms with Gasteiger partial charge in [-0.25, -0.2) is 4.68 Å². The van der Waals surface area contributed by atoms with Gasteiger partial charge in [0.1, 0.15) is 5.69 Å². The number of anilines is 1. The Kier molecular flexibility index (Phi) is 6.35. The van der Waals surface area contributed by atoms with E-state index in [9.17, 15) is 0 Å². The van der Waals surface area contributed by atoms with Crippen molar-refractivity contribution in [2.24, 2.45) is 5.41 Å². The van der Waals surface area contributed by atoms with Gasteiger partial charge in [0, 0.05) is 17.9 Å². The first-order chi connectivity index (χ1) is 12.4. The molecule has 0 saturated heterocycles. The predicted molar refractivity (Wildman–Crippen MR) is 113 cm³/mol. The molecule has 1 aromatic carbocycles. The topological polar surface area (TPSA) is 66.0 Å². The van der Waals surface area contributed by atoms with E-state index in [1.54, 1.807) is 0 Å². The maximum Gasteiger partial charge on any atom is 0.113 e. The molecule has 5 nitrogen and oxygen atoms in total. The van der Waals surface area contributed by atoms with Crippen LogP contribution >= 0.6 is 0 Å². The second kappa shape index (κ2) is 8.01. The molecule has 2 N–H and O–H groups in total. The highest BCUT2D eigenvalue weighted by atomic mass is 16.5. The Hall–Kier alpha value is -1.88. The van der Waals surface area contributed by atoms with Crippen LogP contribution in [0.2, 0.25) is 0 Å². The van der Waals surface area contributed by atoms with E-state index in [4.69, 9.17) is 10.5 Å². The molecule has 0 atom stereocenters. The van der Waals surface area contributed by atoms with E-state index < -0.39 is 0 Å². The van der Waals surface area contributed by atoms with Crippen molar-refractivity contribution in [3.05, 3.63) is 30.5 Å². The molecule has 0 bridgehead atoms. The lowest BCUT2D eigenvalue weighted by atomic mass is 9.86. The van der Waals surface area contributed by atoms with Gasteiger partial charge in [-0.15, -0.1) is 5.10 Å². The van der Waals surface area contributed by atoms with E-state index in [0.717, 1.165) is 36.2 Å². The van der Waals surface area contributed by atoms with Crippen molar-refractivity contribution in [2.45, 2.75) is 78.9 Å². The maximum atomic E-state index is 6.21. The number of aromatic nitrogens is 3. The molecule has 1 aromatic heterocycles. The summed E-state index contributed by atoms with van der Waals surface area (Å²) in [6.07, 6.45) is 5.08. The van der Waals surface area contributed by atoms with Gasteiger partial charge in [0.05, 0.1) is 17.3 Å². The monoisotopic (exact) mass is 372 g/mol. The van der Waals surface area contributed by atoms with Gasteiger partial charge in [-0.2, -0.15) is 0 Å². The Balaban J connectivity index is 1.93. The molecular weight excluding hydrogens is 336 g/mol. The van der Waals surface area contributed by atoms with Crippen LogP contribution in [0, 0.1) is 5.41 Å². The summed E-state index contributed by atoms with van der Waals surface area (Å²) in [5.74, 6) is 0. The summed E-state index contributed by atoms with van der Waals surface area (Å²) in [4.78, 5) is 0. The van der Waals surface area contributed by atoms with Gasteiger partial charge in [-0.05, 0) is 64.5 Å². The quantitative estimate of drug-likeness (QED) is 0.641. The van der Waals surface area contributed by atoms with Crippen LogP contribution in [0.3, 0.4) is 0 Å². The number of rotatable bonds is 8. The van der Waals surface area contributed by atoms with Crippen LogP contribution in [0.1, 0.15) is 67.7 Å². The Bertz CT molecular complexity index is 724. The van der Waals surface area contributed by atoms with Crippen LogP contribution < -0.4 is 5.73 Å². The number of nitrogen functional groups attached to an aromatic ring is 1. The average Bonchev–Trinajstić information content (AvgIpc) is 3.04. The second-order valence-corrected chi connectivity index (χ2v) is 9.90. The zero-order valence-electron chi connectivity index (χ0n) is 18.0. The summed E-state index contributed by atoms with van der Waals surface area (Å²) >= 11 is 0. The van der Waals surface area contributed by atoms with Gasteiger partial charge in [0.2, 0.25) is 0 Å². The molecule has 0 radical (unpaired) electrons. The first-order valence-electron chi connectivity index (χ1n) is 9.81. The molecule has 0 saturated carbocycles. The molecule has 0 aliphatic rings. The summed E-state index contributed by atoms with van der Waals surface area (Å²) in [7, 11) is 0. The van der Waals surface area contributed by atoms with Crippen molar-refractivity contribution in [1.82, 2.24) is 15.0 Å². The fraction of sp³-hybridized carbons (Fsp3) is 0.636. The molecule has 2 rings (SSSR count). The van der Waals surface area contributed by atoms with E-state index in [1.807, 2.05) is 35.1 Å². The van der Waals surface area contributed by atoms with Crippen LogP contribution in [0.5, 0.6) is 0 Å². The number of nitrogens with zero attached hydrogens (tertiary/aromatic N) is 3. The molecule has 0 aliphatic heterocycles. The summed E-state index contributed by atoms with van der Waals surface area (Å²) in [5, 5.41) is 8.68. The zero-order chi connectivity index (χ0) is 20.3. The van der Waals surface area contributed by atoms with Crippen LogP contribution in [-0.2, 0) is 10.3 Å². The van der Waals surface area contributed by atoms with Gasteiger partial charge in [-0.1, -0.05) is 38.1 Å². The molecule has 27 heavy (non-hydrogen) atoms. The Morgan fingerprint density at radius 2 is 1.56 bits per heavy atom. The SMILES string of the molecule is CC(C)(C)CCC(C)(C)OCCC(C)(C)n1cc(-c2ccc(N)cc2)nn1. The fourth-order valence-corrected chi connectivity index (χ4v) is 2.79. The normalized spacial score (nSPS) is 13.1. The third kappa shape index (κ3) is 6.65. The average molecular weight is 373 g/mol. The standard InChI is InChI=1S/C22H36N4O/c1-20(2,3)12-13-22(6,7)27-15-14-21(4,5)26-16-19(24-25-26)17-8-10-18(23)11-9-17/h8-11,16H,12-15,23H2,1-7H3. The molecule has 2 aromatic rings. The Morgan fingerprint density at radius 1 is 0.926 bits per heavy atom. The van der Waals surface area contributed by atoms with Gasteiger partial charge in [0.25, 0.3) is 0 Å². The van der Waals surface area contributed by atoms with Gasteiger partial charge in [0.15, 0.2) is 0 Å². The van der Waals surface area contributed by atoms with E-state index in [2.05, 4.69) is 58.8 Å². The second-order valence-electron chi connectivity index (χ2n) is 9.90. The van der Waals surface area contributed by atoms with Crippen LogP contribution in [0.15, 0.2) is 30.5 Å². The van der Waals surface area contributed by atoms with Gasteiger partial charge >= 0.3 is 0 Å². The smallest absolute Gasteiger partial charge is 0.113 e. The first kappa shape index (κ1) is 21.4. The number of hydrogen-bond acceptors (Lipinski definition) is 4. The van der Waals surface area contributed by atoms with Crippen molar-refractivity contribution in [3.8, 4) is 11.3 Å². The summed E-state index contributed by atoms with van der Waals surface area (Å²) < 4.78 is 8.15. The van der Waals surface area contributed by atoms with Crippen molar-refractivity contribution in [1.29, 1.82) is 0 Å². The highest BCUT2D eigenvalue weighted by Crippen LogP contribution is 2.29. The highest BCUT2D eigenvalue weighted by molar-refractivity contribution is 5.60. The molecular formula is C22H36N4O. The fourth-order valence-electron chi connectivity index (χ4n) is 2.79. The van der Waals surface area contributed by atoms with E-state index >= 15 is 0 Å². The molecule has 0 spiro atoms.